The average Bonchev–Trinajstić information content (AvgIpc) is 1.54. The number of hydrogen-bond donors (Lipinski definition) is 0. The van der Waals surface area contributed by atoms with E-state index in [1.807, 2.05) is 68.8 Å². The Morgan fingerprint density at radius 3 is 0.860 bits per heavy atom. The van der Waals surface area contributed by atoms with E-state index in [1.54, 1.807) is 34.0 Å². The standard InChI is InChI=1S/C44H23N3OS2.2C44H23N3S3/c1-2-13-27-26(12-1)37-28-14-3-7-17-32(28)47(41(37)42-38(27)29-15-5-9-19-35(29)49-42)44-45-39(43-40(46-44)30-16-6-10-20-36(30)50-43)24-21-22-34-31(23-24)25-11-4-8-18-33(25)48-34;1-2-14-26-25(13-1)36-28-15-3-7-20-32(28)47(40(36)42-37(26)29-16-5-9-22-34(29)49-42)44-45-38-30-17-6-10-23-35(30)50-43(38)39(46-44)31-19-11-18-27-24-12-4-8-21-33(24)48-41(27)31;1-2-13-27-26(12-1)37-28-14-3-7-17-32(28)47(41(37)42-38(27)29-15-5-9-19-34(29)49-42)44-45-39(43-40(46-44)30-16-6-10-20-35(30)50-43)24-21-22-36-31(23-24)25-11-4-8-18-33(25)48-36/h3*1-23H. The number of fused-ring (bicyclic) bond motifs is 48. The lowest BCUT2D eigenvalue weighted by Gasteiger charge is -2.12. The van der Waals surface area contributed by atoms with Crippen LogP contribution in [0.5, 0.6) is 0 Å². The van der Waals surface area contributed by atoms with Crippen LogP contribution < -0.4 is 0 Å². The highest BCUT2D eigenvalue weighted by molar-refractivity contribution is 7.30. The average molecular weight is 2050 g/mol. The van der Waals surface area contributed by atoms with Gasteiger partial charge in [-0.1, -0.05) is 315 Å². The summed E-state index contributed by atoms with van der Waals surface area (Å²) in [5.74, 6) is 2.08. The molecule has 0 radical (unpaired) electrons. The molecule has 0 bridgehead atoms. The van der Waals surface area contributed by atoms with Crippen molar-refractivity contribution in [2.75, 3.05) is 0 Å². The Morgan fingerprint density at radius 2 is 0.440 bits per heavy atom. The normalized spacial score (nSPS) is 12.4. The van der Waals surface area contributed by atoms with E-state index >= 15 is 0 Å². The number of thiophene rings is 8. The first kappa shape index (κ1) is 83.7. The first-order chi connectivity index (χ1) is 74.4. The summed E-state index contributed by atoms with van der Waals surface area (Å²) in [5, 5.41) is 33.5. The van der Waals surface area contributed by atoms with Crippen LogP contribution in [0.4, 0.5) is 0 Å². The van der Waals surface area contributed by atoms with E-state index in [1.165, 1.54) is 196 Å². The molecular weight excluding hydrogens is 1980 g/mol. The van der Waals surface area contributed by atoms with Crippen molar-refractivity contribution < 1.29 is 4.42 Å². The third-order valence-corrected chi connectivity index (χ3v) is 40.0. The molecule has 0 saturated heterocycles. The lowest BCUT2D eigenvalue weighted by molar-refractivity contribution is 0.669. The number of rotatable bonds is 6. The third-order valence-electron chi connectivity index (χ3n) is 30.6. The van der Waals surface area contributed by atoms with Crippen molar-refractivity contribution in [1.29, 1.82) is 0 Å². The van der Waals surface area contributed by atoms with E-state index in [0.29, 0.717) is 17.8 Å². The lowest BCUT2D eigenvalue weighted by Crippen LogP contribution is -2.03. The fourth-order valence-corrected chi connectivity index (χ4v) is 33.8. The molecule has 150 heavy (non-hydrogen) atoms. The molecule has 36 rings (SSSR count). The quantitative estimate of drug-likeness (QED) is 0.163. The molecule has 21 aromatic carbocycles. The van der Waals surface area contributed by atoms with Crippen LogP contribution in [-0.2, 0) is 0 Å². The van der Waals surface area contributed by atoms with Gasteiger partial charge in [0, 0.05) is 177 Å². The number of benzene rings is 21. The van der Waals surface area contributed by atoms with Gasteiger partial charge in [0.2, 0.25) is 17.8 Å². The van der Waals surface area contributed by atoms with Crippen molar-refractivity contribution >= 4 is 372 Å². The molecule has 15 heterocycles. The second-order valence-corrected chi connectivity index (χ2v) is 47.1. The molecular formula is C132H69N9OS8. The predicted molar refractivity (Wildman–Crippen MR) is 648 cm³/mol. The Bertz CT molecular complexity index is 11900. The Kier molecular flexibility index (Phi) is 17.9. The number of nitrogens with zero attached hydrogens (tertiary/aromatic N) is 9. The fraction of sp³-hybridized carbons (Fsp3) is 0. The van der Waals surface area contributed by atoms with E-state index in [0.717, 1.165) is 119 Å². The molecule has 15 aromatic heterocycles. The van der Waals surface area contributed by atoms with Gasteiger partial charge in [0.25, 0.3) is 0 Å². The van der Waals surface area contributed by atoms with Crippen LogP contribution >= 0.6 is 90.7 Å². The smallest absolute Gasteiger partial charge is 0.235 e. The zero-order chi connectivity index (χ0) is 97.5. The van der Waals surface area contributed by atoms with Gasteiger partial charge in [-0.2, -0.15) is 0 Å². The molecule has 0 spiro atoms. The van der Waals surface area contributed by atoms with Crippen molar-refractivity contribution in [3.8, 4) is 51.6 Å². The molecule has 36 aromatic rings. The van der Waals surface area contributed by atoms with Gasteiger partial charge < -0.3 is 4.42 Å². The number of hydrogen-bond acceptors (Lipinski definition) is 15. The van der Waals surface area contributed by atoms with Crippen LogP contribution in [0.15, 0.2) is 423 Å². The van der Waals surface area contributed by atoms with E-state index < -0.39 is 0 Å². The Labute approximate surface area is 882 Å². The van der Waals surface area contributed by atoms with Crippen molar-refractivity contribution in [1.82, 2.24) is 43.6 Å². The largest absolute Gasteiger partial charge is 0.456 e. The minimum Gasteiger partial charge on any atom is -0.456 e. The summed E-state index contributed by atoms with van der Waals surface area (Å²) in [6, 6.07) is 151. The zero-order valence-corrected chi connectivity index (χ0v) is 85.6. The second-order valence-electron chi connectivity index (χ2n) is 38.6. The minimum absolute atomic E-state index is 0.674. The molecule has 0 N–H and O–H groups in total. The predicted octanol–water partition coefficient (Wildman–Crippen LogP) is 40.0. The van der Waals surface area contributed by atoms with Crippen LogP contribution in [0.3, 0.4) is 0 Å². The molecule has 0 unspecified atom stereocenters. The fourth-order valence-electron chi connectivity index (χ4n) is 24.3. The summed E-state index contributed by atoms with van der Waals surface area (Å²) in [6.45, 7) is 0. The zero-order valence-electron chi connectivity index (χ0n) is 79.0. The Hall–Kier alpha value is -17.4. The van der Waals surface area contributed by atoms with E-state index in [9.17, 15) is 0 Å². The molecule has 10 nitrogen and oxygen atoms in total. The maximum Gasteiger partial charge on any atom is 0.235 e. The molecule has 0 aliphatic heterocycles. The summed E-state index contributed by atoms with van der Waals surface area (Å²) in [4.78, 5) is 33.3. The maximum absolute atomic E-state index is 6.23. The number of para-hydroxylation sites is 4. The van der Waals surface area contributed by atoms with Gasteiger partial charge in [-0.05, 0) is 135 Å². The lowest BCUT2D eigenvalue weighted by atomic mass is 9.99. The Balaban J connectivity index is 0.0000000957. The van der Waals surface area contributed by atoms with Gasteiger partial charge in [0.15, 0.2) is 0 Å². The van der Waals surface area contributed by atoms with Crippen LogP contribution in [0.2, 0.25) is 0 Å². The summed E-state index contributed by atoms with van der Waals surface area (Å²) < 4.78 is 33.0. The highest BCUT2D eigenvalue weighted by atomic mass is 32.1. The van der Waals surface area contributed by atoms with Crippen molar-refractivity contribution in [3.05, 3.63) is 419 Å². The molecule has 0 saturated carbocycles. The van der Waals surface area contributed by atoms with Gasteiger partial charge in [-0.25, -0.2) is 29.9 Å². The van der Waals surface area contributed by atoms with Gasteiger partial charge in [-0.15, -0.1) is 90.7 Å². The SMILES string of the molecule is c1ccc2c(c1)oc1ccc(-c3nc(-n4c5ccccc5c5c6ccccc6c6c7ccccc7sc6c54)nc4c3sc3ccccc34)cc12.c1ccc2c(c1)sc1c(-c3nc(-n4c5ccccc5c5c6ccccc6c6c7ccccc7sc6c54)nc4c3sc3ccccc34)cccc12.c1ccc2c(c1)sc1ccc(-c3nc(-n4c5ccccc5c5c6ccccc6c6c7ccccc7sc6c54)nc4c3sc3ccccc34)cc12. The van der Waals surface area contributed by atoms with Crippen LogP contribution in [0.1, 0.15) is 0 Å². The van der Waals surface area contributed by atoms with Crippen LogP contribution in [-0.4, -0.2) is 43.6 Å². The van der Waals surface area contributed by atoms with E-state index in [-0.39, 0.29) is 0 Å². The number of aromatic nitrogens is 9. The molecule has 0 aliphatic rings. The Morgan fingerprint density at radius 1 is 0.167 bits per heavy atom. The molecule has 0 amide bonds. The summed E-state index contributed by atoms with van der Waals surface area (Å²) >= 11 is 14.6. The molecule has 18 heteroatoms. The minimum atomic E-state index is 0.674. The molecule has 0 atom stereocenters. The van der Waals surface area contributed by atoms with Crippen molar-refractivity contribution in [3.63, 3.8) is 0 Å². The van der Waals surface area contributed by atoms with Gasteiger partial charge >= 0.3 is 0 Å². The highest BCUT2D eigenvalue weighted by Crippen LogP contribution is 2.56. The molecule has 0 fully saturated rings. The maximum atomic E-state index is 6.23. The van der Waals surface area contributed by atoms with Crippen molar-refractivity contribution in [2.24, 2.45) is 0 Å². The highest BCUT2D eigenvalue weighted by Gasteiger charge is 2.32. The number of furan rings is 1. The van der Waals surface area contributed by atoms with E-state index in [2.05, 4.69) is 420 Å². The topological polar surface area (TPSA) is 105 Å². The van der Waals surface area contributed by atoms with Gasteiger partial charge in [0.05, 0.1) is 94.9 Å². The molecule has 696 valence electrons. The monoisotopic (exact) mass is 2050 g/mol. The van der Waals surface area contributed by atoms with Gasteiger partial charge in [0.1, 0.15) is 11.2 Å². The summed E-state index contributed by atoms with van der Waals surface area (Å²) in [7, 11) is 0. The first-order valence-corrected chi connectivity index (χ1v) is 56.5. The molecule has 0 aliphatic carbocycles. The van der Waals surface area contributed by atoms with Crippen LogP contribution in [0, 0.1) is 0 Å². The third kappa shape index (κ3) is 12.0. The van der Waals surface area contributed by atoms with Crippen LogP contribution in [0.25, 0.3) is 333 Å². The van der Waals surface area contributed by atoms with Gasteiger partial charge in [-0.3, -0.25) is 13.7 Å². The second kappa shape index (κ2) is 32.1. The van der Waals surface area contributed by atoms with Crippen molar-refractivity contribution in [2.45, 2.75) is 0 Å². The summed E-state index contributed by atoms with van der Waals surface area (Å²) in [6.07, 6.45) is 0. The first-order valence-electron chi connectivity index (χ1n) is 50.0. The summed E-state index contributed by atoms with van der Waals surface area (Å²) in [5.41, 5.74) is 17.8. The van der Waals surface area contributed by atoms with E-state index in [4.69, 9.17) is 34.3 Å².